The van der Waals surface area contributed by atoms with Gasteiger partial charge in [-0.25, -0.2) is 4.39 Å². The minimum absolute atomic E-state index is 0.0149. The van der Waals surface area contributed by atoms with Crippen LogP contribution in [0.15, 0.2) is 77.9 Å². The van der Waals surface area contributed by atoms with Crippen LogP contribution in [0.2, 0.25) is 0 Å². The number of halogens is 1. The van der Waals surface area contributed by atoms with Gasteiger partial charge in [0.2, 0.25) is 6.79 Å². The van der Waals surface area contributed by atoms with E-state index in [4.69, 9.17) is 18.9 Å². The molecule has 9 heteroatoms. The summed E-state index contributed by atoms with van der Waals surface area (Å²) in [6.07, 6.45) is 2.98. The molecule has 2 aliphatic heterocycles. The minimum atomic E-state index is -0.577. The summed E-state index contributed by atoms with van der Waals surface area (Å²) in [5.74, 6) is 0.902. The van der Waals surface area contributed by atoms with Gasteiger partial charge >= 0.3 is 5.97 Å². The van der Waals surface area contributed by atoms with Gasteiger partial charge in [-0.1, -0.05) is 30.3 Å². The lowest BCUT2D eigenvalue weighted by Gasteiger charge is -2.32. The number of methoxy groups -OCH3 is 1. The lowest BCUT2D eigenvalue weighted by atomic mass is 9.92. The predicted octanol–water partition coefficient (Wildman–Crippen LogP) is 5.78. The molecule has 2 atom stereocenters. The van der Waals surface area contributed by atoms with Gasteiger partial charge < -0.3 is 23.8 Å². The lowest BCUT2D eigenvalue weighted by molar-refractivity contribution is -0.141. The smallest absolute Gasteiger partial charge is 0.307 e. The zero-order valence-electron chi connectivity index (χ0n) is 22.7. The number of fused-ring (bicyclic) bond motifs is 1. The Hall–Kier alpha value is -4.37. The van der Waals surface area contributed by atoms with Gasteiger partial charge in [-0.3, -0.25) is 14.9 Å². The molecular weight excluding hydrogens is 527 g/mol. The van der Waals surface area contributed by atoms with Crippen molar-refractivity contribution in [2.75, 3.05) is 13.9 Å². The van der Waals surface area contributed by atoms with Gasteiger partial charge in [0, 0.05) is 18.2 Å². The molecule has 212 valence electrons. The molecule has 6 rings (SSSR count). The Balaban J connectivity index is 1.32. The van der Waals surface area contributed by atoms with Crippen molar-refractivity contribution in [2.45, 2.75) is 50.9 Å². The topological polar surface area (TPSA) is 86.3 Å². The van der Waals surface area contributed by atoms with Crippen molar-refractivity contribution in [3.05, 3.63) is 94.8 Å². The number of hydrogen-bond acceptors (Lipinski definition) is 7. The zero-order chi connectivity index (χ0) is 28.3. The first-order chi connectivity index (χ1) is 20.0. The normalized spacial score (nSPS) is 18.3. The molecule has 1 aliphatic carbocycles. The summed E-state index contributed by atoms with van der Waals surface area (Å²) in [7, 11) is 1.33. The van der Waals surface area contributed by atoms with Crippen molar-refractivity contribution >= 4 is 11.9 Å². The molecule has 0 unspecified atom stereocenters. The number of hydrogen-bond donors (Lipinski definition) is 1. The van der Waals surface area contributed by atoms with E-state index in [1.165, 1.54) is 13.2 Å². The first-order valence-electron chi connectivity index (χ1n) is 13.8. The number of esters is 1. The maximum absolute atomic E-state index is 14.8. The van der Waals surface area contributed by atoms with Crippen molar-refractivity contribution in [1.82, 2.24) is 10.2 Å². The minimum Gasteiger partial charge on any atom is -0.469 e. The van der Waals surface area contributed by atoms with Gasteiger partial charge in [-0.05, 0) is 78.8 Å². The van der Waals surface area contributed by atoms with Crippen molar-refractivity contribution in [2.24, 2.45) is 0 Å². The van der Waals surface area contributed by atoms with Crippen LogP contribution in [0.4, 0.5) is 4.39 Å². The number of rotatable bonds is 9. The van der Waals surface area contributed by atoms with Crippen LogP contribution in [-0.2, 0) is 20.9 Å². The average molecular weight is 559 g/mol. The third-order valence-corrected chi connectivity index (χ3v) is 7.75. The van der Waals surface area contributed by atoms with E-state index in [-0.39, 0.29) is 24.9 Å². The molecule has 3 aliphatic rings. The van der Waals surface area contributed by atoms with E-state index in [0.717, 1.165) is 42.4 Å². The highest BCUT2D eigenvalue weighted by Gasteiger charge is 2.41. The number of nitrogens with one attached hydrogen (secondary N) is 1. The van der Waals surface area contributed by atoms with Crippen molar-refractivity contribution in [1.29, 1.82) is 0 Å². The Morgan fingerprint density at radius 1 is 1.05 bits per heavy atom. The Labute approximate surface area is 237 Å². The number of amides is 1. The summed E-state index contributed by atoms with van der Waals surface area (Å²) in [6.45, 7) is 0.515. The molecule has 0 bridgehead atoms. The van der Waals surface area contributed by atoms with Crippen LogP contribution in [0, 0.1) is 5.82 Å². The maximum atomic E-state index is 14.8. The monoisotopic (exact) mass is 558 g/mol. The number of carbonyl (C=O) groups excluding carboxylic acids is 2. The number of para-hydroxylation sites is 1. The molecule has 0 spiro atoms. The highest BCUT2D eigenvalue weighted by Crippen LogP contribution is 2.39. The first kappa shape index (κ1) is 26.8. The Morgan fingerprint density at radius 2 is 1.85 bits per heavy atom. The zero-order valence-corrected chi connectivity index (χ0v) is 22.7. The van der Waals surface area contributed by atoms with Gasteiger partial charge in [0.05, 0.1) is 13.5 Å². The average Bonchev–Trinajstić information content (AvgIpc) is 3.57. The predicted molar refractivity (Wildman–Crippen MR) is 148 cm³/mol. The summed E-state index contributed by atoms with van der Waals surface area (Å²) in [6, 6.07) is 18.6. The van der Waals surface area contributed by atoms with E-state index in [1.807, 2.05) is 29.2 Å². The second-order valence-electron chi connectivity index (χ2n) is 10.3. The molecule has 8 nitrogen and oxygen atoms in total. The third-order valence-electron chi connectivity index (χ3n) is 7.75. The summed E-state index contributed by atoms with van der Waals surface area (Å²) < 4.78 is 36.6. The number of benzene rings is 3. The van der Waals surface area contributed by atoms with E-state index >= 15 is 0 Å². The maximum Gasteiger partial charge on any atom is 0.307 e. The molecule has 1 N–H and O–H groups in total. The van der Waals surface area contributed by atoms with E-state index in [1.54, 1.807) is 36.4 Å². The van der Waals surface area contributed by atoms with Crippen LogP contribution in [0.25, 0.3) is 0 Å². The fraction of sp³-hybridized carbons (Fsp3) is 0.312. The molecule has 3 aromatic carbocycles. The SMILES string of the molecule is COC(=O)C[C@H](N[C@@H]1C2=C(CCCC2)C(=O)N1Cc1ccc2c(c1)OCO2)c1ccc(F)c(Oc2ccccc2)c1. The fourth-order valence-electron chi connectivity index (χ4n) is 5.69. The summed E-state index contributed by atoms with van der Waals surface area (Å²) in [5.41, 5.74) is 3.42. The molecule has 3 aromatic rings. The van der Waals surface area contributed by atoms with Crippen molar-refractivity contribution in [3.63, 3.8) is 0 Å². The van der Waals surface area contributed by atoms with Crippen molar-refractivity contribution < 1.29 is 32.9 Å². The number of nitrogens with zero attached hydrogens (tertiary/aromatic N) is 1. The highest BCUT2D eigenvalue weighted by molar-refractivity contribution is 5.97. The summed E-state index contributed by atoms with van der Waals surface area (Å²) >= 11 is 0. The van der Waals surface area contributed by atoms with E-state index in [9.17, 15) is 14.0 Å². The first-order valence-corrected chi connectivity index (χ1v) is 13.8. The van der Waals surface area contributed by atoms with Crippen LogP contribution in [0.1, 0.15) is 49.3 Å². The fourth-order valence-corrected chi connectivity index (χ4v) is 5.69. The van der Waals surface area contributed by atoms with Gasteiger partial charge in [-0.15, -0.1) is 0 Å². The molecule has 0 saturated heterocycles. The van der Waals surface area contributed by atoms with Crippen molar-refractivity contribution in [3.8, 4) is 23.0 Å². The van der Waals surface area contributed by atoms with E-state index in [2.05, 4.69) is 5.32 Å². The highest BCUT2D eigenvalue weighted by atomic mass is 19.1. The Morgan fingerprint density at radius 3 is 2.68 bits per heavy atom. The quantitative estimate of drug-likeness (QED) is 0.333. The second-order valence-corrected chi connectivity index (χ2v) is 10.3. The molecule has 1 amide bonds. The Kier molecular flexibility index (Phi) is 7.61. The van der Waals surface area contributed by atoms with Gasteiger partial charge in [0.15, 0.2) is 23.1 Å². The summed E-state index contributed by atoms with van der Waals surface area (Å²) in [5, 5.41) is 3.57. The molecule has 2 heterocycles. The molecule has 0 radical (unpaired) electrons. The number of ether oxygens (including phenoxy) is 4. The van der Waals surface area contributed by atoms with Crippen LogP contribution < -0.4 is 19.5 Å². The van der Waals surface area contributed by atoms with Gasteiger partial charge in [0.25, 0.3) is 5.91 Å². The van der Waals surface area contributed by atoms with Crippen LogP contribution >= 0.6 is 0 Å². The molecule has 0 aromatic heterocycles. The van der Waals surface area contributed by atoms with Crippen LogP contribution in [0.3, 0.4) is 0 Å². The largest absolute Gasteiger partial charge is 0.469 e. The number of carbonyl (C=O) groups is 2. The summed E-state index contributed by atoms with van der Waals surface area (Å²) in [4.78, 5) is 28.1. The molecule has 0 fully saturated rings. The molecular formula is C32H31FN2O6. The van der Waals surface area contributed by atoms with E-state index in [0.29, 0.717) is 29.4 Å². The lowest BCUT2D eigenvalue weighted by Crippen LogP contribution is -2.46. The molecule has 0 saturated carbocycles. The van der Waals surface area contributed by atoms with Gasteiger partial charge in [-0.2, -0.15) is 0 Å². The standard InChI is InChI=1S/C32H31FN2O6/c1-38-30(36)17-26(21-12-13-25(33)28(16-21)41-22-7-3-2-4-8-22)34-31-23-9-5-6-10-24(23)32(37)35(31)18-20-11-14-27-29(15-20)40-19-39-27/h2-4,7-8,11-16,26,31,34H,5-6,9-10,17-19H2,1H3/t26-,31-/m0/s1. The van der Waals surface area contributed by atoms with Crippen LogP contribution in [0.5, 0.6) is 23.0 Å². The third kappa shape index (κ3) is 5.63. The Bertz CT molecular complexity index is 1490. The molecule has 41 heavy (non-hydrogen) atoms. The second kappa shape index (κ2) is 11.6. The van der Waals surface area contributed by atoms with Gasteiger partial charge in [0.1, 0.15) is 11.9 Å². The van der Waals surface area contributed by atoms with E-state index < -0.39 is 24.0 Å². The van der Waals surface area contributed by atoms with Crippen LogP contribution in [-0.4, -0.2) is 36.8 Å².